The summed E-state index contributed by atoms with van der Waals surface area (Å²) in [5, 5.41) is 3.54. The van der Waals surface area contributed by atoms with Crippen LogP contribution in [0.1, 0.15) is 33.6 Å². The quantitative estimate of drug-likeness (QED) is 0.813. The van der Waals surface area contributed by atoms with Crippen LogP contribution in [-0.2, 0) is 4.74 Å². The zero-order valence-electron chi connectivity index (χ0n) is 11.6. The van der Waals surface area contributed by atoms with Gasteiger partial charge in [0.1, 0.15) is 0 Å². The van der Waals surface area contributed by atoms with Gasteiger partial charge in [0, 0.05) is 44.9 Å². The fourth-order valence-corrected chi connectivity index (χ4v) is 3.33. The van der Waals surface area contributed by atoms with Gasteiger partial charge >= 0.3 is 0 Å². The van der Waals surface area contributed by atoms with Crippen LogP contribution in [-0.4, -0.2) is 49.8 Å². The molecule has 2 heterocycles. The number of nitrogens with one attached hydrogen (secondary N) is 1. The largest absolute Gasteiger partial charge is 0.381 e. The second-order valence-corrected chi connectivity index (χ2v) is 5.94. The number of hydrogen-bond acceptors (Lipinski definition) is 3. The molecule has 2 aliphatic heterocycles. The summed E-state index contributed by atoms with van der Waals surface area (Å²) in [5.41, 5.74) is 0. The van der Waals surface area contributed by atoms with E-state index in [1.165, 1.54) is 19.4 Å². The Morgan fingerprint density at radius 1 is 1.18 bits per heavy atom. The summed E-state index contributed by atoms with van der Waals surface area (Å²) >= 11 is 0. The number of ether oxygens (including phenoxy) is 1. The maximum atomic E-state index is 5.48. The number of nitrogens with zero attached hydrogens (tertiary/aromatic N) is 1. The molecule has 2 atom stereocenters. The van der Waals surface area contributed by atoms with E-state index in [-0.39, 0.29) is 0 Å². The van der Waals surface area contributed by atoms with Gasteiger partial charge in [-0.05, 0) is 31.6 Å². The van der Waals surface area contributed by atoms with Crippen LogP contribution in [0.15, 0.2) is 0 Å². The van der Waals surface area contributed by atoms with Gasteiger partial charge in [0.25, 0.3) is 0 Å². The molecule has 0 aromatic heterocycles. The van der Waals surface area contributed by atoms with Crippen molar-refractivity contribution in [3.63, 3.8) is 0 Å². The van der Waals surface area contributed by atoms with Gasteiger partial charge in [-0.2, -0.15) is 0 Å². The first kappa shape index (κ1) is 13.3. The maximum absolute atomic E-state index is 5.48. The van der Waals surface area contributed by atoms with Gasteiger partial charge in [-0.15, -0.1) is 0 Å². The highest BCUT2D eigenvalue weighted by Gasteiger charge is 2.32. The lowest BCUT2D eigenvalue weighted by Gasteiger charge is -2.45. The number of hydrogen-bond donors (Lipinski definition) is 1. The molecule has 2 fully saturated rings. The first-order valence-corrected chi connectivity index (χ1v) is 7.24. The zero-order valence-corrected chi connectivity index (χ0v) is 11.6. The third-order valence-corrected chi connectivity index (χ3v) is 4.57. The Morgan fingerprint density at radius 2 is 1.88 bits per heavy atom. The molecule has 2 unspecified atom stereocenters. The third kappa shape index (κ3) is 3.21. The van der Waals surface area contributed by atoms with Crippen LogP contribution in [0.2, 0.25) is 0 Å². The lowest BCUT2D eigenvalue weighted by molar-refractivity contribution is 0.00236. The van der Waals surface area contributed by atoms with Crippen LogP contribution in [0.3, 0.4) is 0 Å². The lowest BCUT2D eigenvalue weighted by Crippen LogP contribution is -2.58. The van der Waals surface area contributed by atoms with E-state index >= 15 is 0 Å². The van der Waals surface area contributed by atoms with Crippen LogP contribution in [0.25, 0.3) is 0 Å². The molecule has 2 saturated heterocycles. The fraction of sp³-hybridized carbons (Fsp3) is 1.00. The molecule has 0 radical (unpaired) electrons. The minimum atomic E-state index is 0.710. The van der Waals surface area contributed by atoms with Crippen molar-refractivity contribution in [3.8, 4) is 0 Å². The van der Waals surface area contributed by atoms with Crippen molar-refractivity contribution < 1.29 is 4.74 Å². The summed E-state index contributed by atoms with van der Waals surface area (Å²) in [4.78, 5) is 2.75. The van der Waals surface area contributed by atoms with E-state index in [0.717, 1.165) is 38.1 Å². The molecule has 0 aromatic rings. The van der Waals surface area contributed by atoms with Crippen LogP contribution in [0, 0.1) is 11.8 Å². The van der Waals surface area contributed by atoms with Crippen molar-refractivity contribution in [2.75, 3.05) is 32.8 Å². The molecule has 2 rings (SSSR count). The molecule has 100 valence electrons. The van der Waals surface area contributed by atoms with E-state index in [9.17, 15) is 0 Å². The molecular formula is C14H28N2O. The molecule has 0 amide bonds. The first-order chi connectivity index (χ1) is 8.20. The third-order valence-electron chi connectivity index (χ3n) is 4.57. The molecular weight excluding hydrogens is 212 g/mol. The smallest absolute Gasteiger partial charge is 0.0469 e. The SMILES string of the molecule is CC(C)C1CNCCN1C(C)C1CCOCC1. The summed E-state index contributed by atoms with van der Waals surface area (Å²) in [6.45, 7) is 12.6. The highest BCUT2D eigenvalue weighted by atomic mass is 16.5. The maximum Gasteiger partial charge on any atom is 0.0469 e. The number of piperazine rings is 1. The molecule has 2 aliphatic rings. The van der Waals surface area contributed by atoms with Crippen LogP contribution in [0.4, 0.5) is 0 Å². The van der Waals surface area contributed by atoms with Crippen molar-refractivity contribution in [1.82, 2.24) is 10.2 Å². The van der Waals surface area contributed by atoms with Crippen molar-refractivity contribution in [2.24, 2.45) is 11.8 Å². The Morgan fingerprint density at radius 3 is 2.53 bits per heavy atom. The number of rotatable bonds is 3. The minimum Gasteiger partial charge on any atom is -0.381 e. The molecule has 3 nitrogen and oxygen atoms in total. The van der Waals surface area contributed by atoms with E-state index in [1.807, 2.05) is 0 Å². The van der Waals surface area contributed by atoms with Gasteiger partial charge in [-0.1, -0.05) is 13.8 Å². The van der Waals surface area contributed by atoms with Crippen molar-refractivity contribution in [2.45, 2.75) is 45.7 Å². The molecule has 0 aromatic carbocycles. The van der Waals surface area contributed by atoms with E-state index in [2.05, 4.69) is 31.0 Å². The van der Waals surface area contributed by atoms with Crippen molar-refractivity contribution in [3.05, 3.63) is 0 Å². The summed E-state index contributed by atoms with van der Waals surface area (Å²) in [6, 6.07) is 1.43. The summed E-state index contributed by atoms with van der Waals surface area (Å²) in [5.74, 6) is 1.58. The van der Waals surface area contributed by atoms with E-state index in [0.29, 0.717) is 12.1 Å². The van der Waals surface area contributed by atoms with E-state index in [1.54, 1.807) is 0 Å². The molecule has 3 heteroatoms. The van der Waals surface area contributed by atoms with Crippen LogP contribution >= 0.6 is 0 Å². The van der Waals surface area contributed by atoms with E-state index < -0.39 is 0 Å². The van der Waals surface area contributed by atoms with Gasteiger partial charge in [-0.25, -0.2) is 0 Å². The highest BCUT2D eigenvalue weighted by molar-refractivity contribution is 4.88. The second kappa shape index (κ2) is 6.17. The van der Waals surface area contributed by atoms with Gasteiger partial charge in [-0.3, -0.25) is 4.90 Å². The minimum absolute atomic E-state index is 0.710. The van der Waals surface area contributed by atoms with Crippen molar-refractivity contribution in [1.29, 1.82) is 0 Å². The van der Waals surface area contributed by atoms with Gasteiger partial charge in [0.05, 0.1) is 0 Å². The Bertz CT molecular complexity index is 226. The Labute approximate surface area is 106 Å². The summed E-state index contributed by atoms with van der Waals surface area (Å²) in [7, 11) is 0. The van der Waals surface area contributed by atoms with E-state index in [4.69, 9.17) is 4.74 Å². The zero-order chi connectivity index (χ0) is 12.3. The monoisotopic (exact) mass is 240 g/mol. The molecule has 0 saturated carbocycles. The van der Waals surface area contributed by atoms with Crippen molar-refractivity contribution >= 4 is 0 Å². The summed E-state index contributed by atoms with van der Waals surface area (Å²) in [6.07, 6.45) is 2.49. The topological polar surface area (TPSA) is 24.5 Å². The Hall–Kier alpha value is -0.120. The normalized spacial score (nSPS) is 30.7. The lowest BCUT2D eigenvalue weighted by atomic mass is 9.88. The molecule has 0 spiro atoms. The molecule has 0 bridgehead atoms. The standard InChI is InChI=1S/C14H28N2O/c1-11(2)14-10-15-6-7-16(14)12(3)13-4-8-17-9-5-13/h11-15H,4-10H2,1-3H3. The van der Waals surface area contributed by atoms with Crippen LogP contribution in [0.5, 0.6) is 0 Å². The first-order valence-electron chi connectivity index (χ1n) is 7.24. The molecule has 1 N–H and O–H groups in total. The highest BCUT2D eigenvalue weighted by Crippen LogP contribution is 2.26. The summed E-state index contributed by atoms with van der Waals surface area (Å²) < 4.78 is 5.48. The predicted molar refractivity (Wildman–Crippen MR) is 71.2 cm³/mol. The average molecular weight is 240 g/mol. The predicted octanol–water partition coefficient (Wildman–Crippen LogP) is 1.73. The second-order valence-electron chi connectivity index (χ2n) is 5.94. The van der Waals surface area contributed by atoms with Gasteiger partial charge in [0.2, 0.25) is 0 Å². The Balaban J connectivity index is 1.97. The average Bonchev–Trinajstić information content (AvgIpc) is 2.39. The van der Waals surface area contributed by atoms with Crippen LogP contribution < -0.4 is 5.32 Å². The fourth-order valence-electron chi connectivity index (χ4n) is 3.33. The molecule has 0 aliphatic carbocycles. The molecule has 17 heavy (non-hydrogen) atoms. The van der Waals surface area contributed by atoms with Gasteiger partial charge in [0.15, 0.2) is 0 Å². The van der Waals surface area contributed by atoms with Gasteiger partial charge < -0.3 is 10.1 Å². The Kier molecular flexibility index (Phi) is 4.83.